The molecule has 0 saturated carbocycles. The van der Waals surface area contributed by atoms with E-state index < -0.39 is 0 Å². The van der Waals surface area contributed by atoms with E-state index in [1.165, 1.54) is 12.8 Å². The molecule has 0 radical (unpaired) electrons. The van der Waals surface area contributed by atoms with E-state index in [9.17, 15) is 0 Å². The van der Waals surface area contributed by atoms with Crippen LogP contribution in [0.3, 0.4) is 0 Å². The SMILES string of the molecule is CCN(CC)CCC(N)CCC1CCCO1. The van der Waals surface area contributed by atoms with Crippen LogP contribution in [0.4, 0.5) is 0 Å². The molecule has 0 spiro atoms. The molecule has 1 fully saturated rings. The van der Waals surface area contributed by atoms with Crippen molar-refractivity contribution in [2.75, 3.05) is 26.2 Å². The fourth-order valence-corrected chi connectivity index (χ4v) is 2.30. The number of ether oxygens (including phenoxy) is 1. The van der Waals surface area contributed by atoms with E-state index in [1.54, 1.807) is 0 Å². The fourth-order valence-electron chi connectivity index (χ4n) is 2.30. The molecule has 2 atom stereocenters. The number of hydrogen-bond donors (Lipinski definition) is 1. The second kappa shape index (κ2) is 8.04. The minimum atomic E-state index is 0.352. The van der Waals surface area contributed by atoms with Crippen molar-refractivity contribution in [2.24, 2.45) is 5.73 Å². The monoisotopic (exact) mass is 228 g/mol. The molecule has 2 N–H and O–H groups in total. The van der Waals surface area contributed by atoms with Gasteiger partial charge in [0.05, 0.1) is 6.10 Å². The average molecular weight is 228 g/mol. The van der Waals surface area contributed by atoms with Gasteiger partial charge in [0.25, 0.3) is 0 Å². The number of hydrogen-bond acceptors (Lipinski definition) is 3. The lowest BCUT2D eigenvalue weighted by Gasteiger charge is -2.21. The molecule has 0 bridgehead atoms. The van der Waals surface area contributed by atoms with E-state index in [-0.39, 0.29) is 0 Å². The molecule has 3 nitrogen and oxygen atoms in total. The Balaban J connectivity index is 2.03. The first-order valence-electron chi connectivity index (χ1n) is 6.85. The Hall–Kier alpha value is -0.120. The fraction of sp³-hybridized carbons (Fsp3) is 1.00. The summed E-state index contributed by atoms with van der Waals surface area (Å²) in [5.41, 5.74) is 6.13. The Bertz CT molecular complexity index is 159. The Labute approximate surface area is 100 Å². The highest BCUT2D eigenvalue weighted by Crippen LogP contribution is 2.17. The van der Waals surface area contributed by atoms with Gasteiger partial charge in [-0.15, -0.1) is 0 Å². The Morgan fingerprint density at radius 3 is 2.62 bits per heavy atom. The summed E-state index contributed by atoms with van der Waals surface area (Å²) in [6.45, 7) is 8.78. The van der Waals surface area contributed by atoms with E-state index in [0.717, 1.165) is 45.5 Å². The van der Waals surface area contributed by atoms with Crippen molar-refractivity contribution in [1.82, 2.24) is 4.90 Å². The van der Waals surface area contributed by atoms with Gasteiger partial charge in [0.15, 0.2) is 0 Å². The molecule has 1 aliphatic heterocycles. The van der Waals surface area contributed by atoms with Crippen LogP contribution in [0.1, 0.15) is 46.0 Å². The molecular weight excluding hydrogens is 200 g/mol. The summed E-state index contributed by atoms with van der Waals surface area (Å²) in [5.74, 6) is 0. The van der Waals surface area contributed by atoms with Crippen molar-refractivity contribution in [3.05, 3.63) is 0 Å². The molecule has 0 amide bonds. The van der Waals surface area contributed by atoms with E-state index >= 15 is 0 Å². The average Bonchev–Trinajstić information content (AvgIpc) is 2.80. The highest BCUT2D eigenvalue weighted by atomic mass is 16.5. The van der Waals surface area contributed by atoms with E-state index in [2.05, 4.69) is 18.7 Å². The van der Waals surface area contributed by atoms with Gasteiger partial charge in [-0.25, -0.2) is 0 Å². The van der Waals surface area contributed by atoms with Crippen molar-refractivity contribution in [3.63, 3.8) is 0 Å². The Kier molecular flexibility index (Phi) is 7.01. The van der Waals surface area contributed by atoms with E-state index in [0.29, 0.717) is 12.1 Å². The lowest BCUT2D eigenvalue weighted by Crippen LogP contribution is -2.31. The molecule has 2 unspecified atom stereocenters. The quantitative estimate of drug-likeness (QED) is 0.690. The highest BCUT2D eigenvalue weighted by molar-refractivity contribution is 4.70. The molecule has 1 saturated heterocycles. The van der Waals surface area contributed by atoms with Crippen LogP contribution in [0, 0.1) is 0 Å². The molecule has 1 heterocycles. The summed E-state index contributed by atoms with van der Waals surface area (Å²) in [6, 6.07) is 0.352. The molecule has 1 aliphatic rings. The van der Waals surface area contributed by atoms with Crippen molar-refractivity contribution in [3.8, 4) is 0 Å². The molecule has 3 heteroatoms. The largest absolute Gasteiger partial charge is 0.378 e. The summed E-state index contributed by atoms with van der Waals surface area (Å²) < 4.78 is 5.61. The lowest BCUT2D eigenvalue weighted by molar-refractivity contribution is 0.100. The maximum atomic E-state index is 6.13. The summed E-state index contributed by atoms with van der Waals surface area (Å²) in [6.07, 6.45) is 6.36. The zero-order valence-electron chi connectivity index (χ0n) is 11.0. The minimum absolute atomic E-state index is 0.352. The van der Waals surface area contributed by atoms with Gasteiger partial charge < -0.3 is 15.4 Å². The second-order valence-corrected chi connectivity index (χ2v) is 4.79. The van der Waals surface area contributed by atoms with Crippen LogP contribution in [-0.2, 0) is 4.74 Å². The first-order valence-corrected chi connectivity index (χ1v) is 6.85. The Morgan fingerprint density at radius 1 is 1.31 bits per heavy atom. The molecule has 0 aromatic carbocycles. The normalized spacial score (nSPS) is 22.9. The van der Waals surface area contributed by atoms with Gasteiger partial charge >= 0.3 is 0 Å². The van der Waals surface area contributed by atoms with Crippen LogP contribution in [0.25, 0.3) is 0 Å². The zero-order chi connectivity index (χ0) is 11.8. The van der Waals surface area contributed by atoms with E-state index in [4.69, 9.17) is 10.5 Å². The predicted molar refractivity (Wildman–Crippen MR) is 68.6 cm³/mol. The standard InChI is InChI=1S/C13H28N2O/c1-3-15(4-2)10-9-12(14)7-8-13-6-5-11-16-13/h12-13H,3-11,14H2,1-2H3. The lowest BCUT2D eigenvalue weighted by atomic mass is 10.0. The number of rotatable bonds is 8. The highest BCUT2D eigenvalue weighted by Gasteiger charge is 2.16. The van der Waals surface area contributed by atoms with Crippen molar-refractivity contribution < 1.29 is 4.74 Å². The van der Waals surface area contributed by atoms with Gasteiger partial charge in [-0.3, -0.25) is 0 Å². The van der Waals surface area contributed by atoms with Crippen molar-refractivity contribution >= 4 is 0 Å². The molecule has 0 aromatic heterocycles. The number of nitrogens with two attached hydrogens (primary N) is 1. The van der Waals surface area contributed by atoms with Gasteiger partial charge in [0.1, 0.15) is 0 Å². The van der Waals surface area contributed by atoms with Gasteiger partial charge in [-0.05, 0) is 51.7 Å². The van der Waals surface area contributed by atoms with Crippen molar-refractivity contribution in [2.45, 2.75) is 58.1 Å². The number of nitrogens with zero attached hydrogens (tertiary/aromatic N) is 1. The van der Waals surface area contributed by atoms with Gasteiger partial charge in [0.2, 0.25) is 0 Å². The molecule has 0 aliphatic carbocycles. The maximum Gasteiger partial charge on any atom is 0.0576 e. The van der Waals surface area contributed by atoms with Crippen molar-refractivity contribution in [1.29, 1.82) is 0 Å². The third-order valence-corrected chi connectivity index (χ3v) is 3.59. The van der Waals surface area contributed by atoms with Gasteiger partial charge in [-0.1, -0.05) is 13.8 Å². The summed E-state index contributed by atoms with van der Waals surface area (Å²) >= 11 is 0. The molecule has 96 valence electrons. The van der Waals surface area contributed by atoms with Crippen LogP contribution in [0.15, 0.2) is 0 Å². The first-order chi connectivity index (χ1) is 7.76. The van der Waals surface area contributed by atoms with Gasteiger partial charge in [-0.2, -0.15) is 0 Å². The second-order valence-electron chi connectivity index (χ2n) is 4.79. The van der Waals surface area contributed by atoms with Crippen LogP contribution >= 0.6 is 0 Å². The van der Waals surface area contributed by atoms with Crippen LogP contribution in [0.5, 0.6) is 0 Å². The molecule has 0 aromatic rings. The maximum absolute atomic E-state index is 6.13. The first kappa shape index (κ1) is 13.9. The van der Waals surface area contributed by atoms with Crippen LogP contribution in [-0.4, -0.2) is 43.3 Å². The zero-order valence-corrected chi connectivity index (χ0v) is 11.0. The summed E-state index contributed by atoms with van der Waals surface area (Å²) in [5, 5.41) is 0. The Morgan fingerprint density at radius 2 is 2.06 bits per heavy atom. The summed E-state index contributed by atoms with van der Waals surface area (Å²) in [7, 11) is 0. The molecule has 1 rings (SSSR count). The third kappa shape index (κ3) is 5.28. The topological polar surface area (TPSA) is 38.5 Å². The molecular formula is C13H28N2O. The predicted octanol–water partition coefficient (Wildman–Crippen LogP) is 2.00. The smallest absolute Gasteiger partial charge is 0.0576 e. The van der Waals surface area contributed by atoms with E-state index in [1.807, 2.05) is 0 Å². The molecule has 16 heavy (non-hydrogen) atoms. The van der Waals surface area contributed by atoms with Gasteiger partial charge in [0, 0.05) is 12.6 Å². The third-order valence-electron chi connectivity index (χ3n) is 3.59. The van der Waals surface area contributed by atoms with Crippen LogP contribution < -0.4 is 5.73 Å². The van der Waals surface area contributed by atoms with Crippen LogP contribution in [0.2, 0.25) is 0 Å². The minimum Gasteiger partial charge on any atom is -0.378 e. The summed E-state index contributed by atoms with van der Waals surface area (Å²) in [4.78, 5) is 2.44.